The topological polar surface area (TPSA) is 68.3 Å². The molecule has 2 aliphatic heterocycles. The molecule has 2 fully saturated rings. The number of hydrogen-bond acceptors (Lipinski definition) is 5. The fraction of sp³-hybridized carbons (Fsp3) is 0.619. The highest BCUT2D eigenvalue weighted by molar-refractivity contribution is 5.86. The fourth-order valence-corrected chi connectivity index (χ4v) is 4.40. The Morgan fingerprint density at radius 1 is 1.14 bits per heavy atom. The van der Waals surface area contributed by atoms with Gasteiger partial charge in [-0.3, -0.25) is 9.59 Å². The second-order valence-electron chi connectivity index (χ2n) is 7.57. The summed E-state index contributed by atoms with van der Waals surface area (Å²) in [4.78, 5) is 29.5. The minimum atomic E-state index is -0.451. The van der Waals surface area contributed by atoms with Gasteiger partial charge < -0.3 is 24.0 Å². The van der Waals surface area contributed by atoms with Crippen LogP contribution in [0.5, 0.6) is 11.5 Å². The summed E-state index contributed by atoms with van der Waals surface area (Å²) in [5, 5.41) is 0. The summed E-state index contributed by atoms with van der Waals surface area (Å²) in [6, 6.07) is 5.72. The maximum absolute atomic E-state index is 13.4. The van der Waals surface area contributed by atoms with Crippen LogP contribution in [0.2, 0.25) is 0 Å². The number of carbonyl (C=O) groups excluding carboxylic acids is 2. The predicted octanol–water partition coefficient (Wildman–Crippen LogP) is 2.08. The van der Waals surface area contributed by atoms with Gasteiger partial charge in [-0.15, -0.1) is 0 Å². The molecule has 3 rings (SSSR count). The Morgan fingerprint density at radius 2 is 1.96 bits per heavy atom. The number of nitrogens with zero attached hydrogens (tertiary/aromatic N) is 2. The first-order valence-corrected chi connectivity index (χ1v) is 9.80. The number of carbonyl (C=O) groups is 2. The number of amides is 2. The molecular formula is C21H30N2O5. The normalized spacial score (nSPS) is 22.0. The summed E-state index contributed by atoms with van der Waals surface area (Å²) in [6.07, 6.45) is 2.88. The lowest BCUT2D eigenvalue weighted by Crippen LogP contribution is -2.50. The highest BCUT2D eigenvalue weighted by Crippen LogP contribution is 2.41. The van der Waals surface area contributed by atoms with Crippen LogP contribution in [0.15, 0.2) is 18.2 Å². The summed E-state index contributed by atoms with van der Waals surface area (Å²) >= 11 is 0. The zero-order valence-electron chi connectivity index (χ0n) is 17.0. The Labute approximate surface area is 166 Å². The maximum Gasteiger partial charge on any atom is 0.230 e. The molecule has 2 saturated heterocycles. The predicted molar refractivity (Wildman–Crippen MR) is 104 cm³/mol. The molecule has 1 atom stereocenters. The second-order valence-corrected chi connectivity index (χ2v) is 7.57. The van der Waals surface area contributed by atoms with Crippen molar-refractivity contribution in [3.63, 3.8) is 0 Å². The van der Waals surface area contributed by atoms with E-state index in [1.54, 1.807) is 21.3 Å². The summed E-state index contributed by atoms with van der Waals surface area (Å²) < 4.78 is 15.9. The molecule has 1 aromatic carbocycles. The average molecular weight is 390 g/mol. The summed E-state index contributed by atoms with van der Waals surface area (Å²) in [5.74, 6) is 1.54. The molecule has 2 amide bonds. The number of likely N-dealkylation sites (tertiary alicyclic amines) is 2. The maximum atomic E-state index is 13.4. The SMILES string of the molecule is COCCC(=O)N1CC[C@@]2(CCCN(Cc3cccc(OC)c3OC)C2=O)C1. The minimum Gasteiger partial charge on any atom is -0.493 e. The van der Waals surface area contributed by atoms with Gasteiger partial charge in [-0.05, 0) is 25.3 Å². The molecular weight excluding hydrogens is 360 g/mol. The van der Waals surface area contributed by atoms with Crippen LogP contribution >= 0.6 is 0 Å². The third-order valence-corrected chi connectivity index (χ3v) is 5.90. The number of methoxy groups -OCH3 is 3. The van der Waals surface area contributed by atoms with E-state index in [2.05, 4.69) is 0 Å². The number of ether oxygens (including phenoxy) is 3. The first kappa shape index (κ1) is 20.5. The molecule has 1 aromatic rings. The quantitative estimate of drug-likeness (QED) is 0.713. The molecule has 1 spiro atoms. The molecule has 0 aliphatic carbocycles. The number of benzene rings is 1. The first-order chi connectivity index (χ1) is 13.5. The van der Waals surface area contributed by atoms with Gasteiger partial charge in [0, 0.05) is 38.9 Å². The fourth-order valence-electron chi connectivity index (χ4n) is 4.40. The van der Waals surface area contributed by atoms with Crippen LogP contribution < -0.4 is 9.47 Å². The summed E-state index contributed by atoms with van der Waals surface area (Å²) in [6.45, 7) is 2.78. The van der Waals surface area contributed by atoms with Crippen LogP contribution in [-0.2, 0) is 20.9 Å². The van der Waals surface area contributed by atoms with Crippen molar-refractivity contribution in [2.24, 2.45) is 5.41 Å². The van der Waals surface area contributed by atoms with Gasteiger partial charge in [0.05, 0.1) is 32.7 Å². The van der Waals surface area contributed by atoms with E-state index in [-0.39, 0.29) is 11.8 Å². The largest absolute Gasteiger partial charge is 0.493 e. The van der Waals surface area contributed by atoms with Crippen LogP contribution in [0.1, 0.15) is 31.2 Å². The van der Waals surface area contributed by atoms with E-state index in [9.17, 15) is 9.59 Å². The van der Waals surface area contributed by atoms with Crippen molar-refractivity contribution < 1.29 is 23.8 Å². The molecule has 0 N–H and O–H groups in total. The van der Waals surface area contributed by atoms with Gasteiger partial charge in [0.1, 0.15) is 0 Å². The lowest BCUT2D eigenvalue weighted by atomic mass is 9.78. The van der Waals surface area contributed by atoms with E-state index >= 15 is 0 Å². The van der Waals surface area contributed by atoms with E-state index in [1.165, 1.54) is 0 Å². The smallest absolute Gasteiger partial charge is 0.230 e. The van der Waals surface area contributed by atoms with Crippen LogP contribution in [-0.4, -0.2) is 69.2 Å². The number of hydrogen-bond donors (Lipinski definition) is 0. The molecule has 0 saturated carbocycles. The lowest BCUT2D eigenvalue weighted by molar-refractivity contribution is -0.146. The Bertz CT molecular complexity index is 723. The van der Waals surface area contributed by atoms with Gasteiger partial charge in [0.15, 0.2) is 11.5 Å². The van der Waals surface area contributed by atoms with E-state index in [1.807, 2.05) is 28.0 Å². The number of piperidine rings is 1. The van der Waals surface area contributed by atoms with Gasteiger partial charge in [0.25, 0.3) is 0 Å². The highest BCUT2D eigenvalue weighted by atomic mass is 16.5. The molecule has 7 heteroatoms. The van der Waals surface area contributed by atoms with Gasteiger partial charge >= 0.3 is 0 Å². The Morgan fingerprint density at radius 3 is 2.68 bits per heavy atom. The monoisotopic (exact) mass is 390 g/mol. The molecule has 2 aliphatic rings. The minimum absolute atomic E-state index is 0.0677. The van der Waals surface area contributed by atoms with Crippen molar-refractivity contribution in [2.45, 2.75) is 32.2 Å². The third kappa shape index (κ3) is 3.94. The van der Waals surface area contributed by atoms with Crippen molar-refractivity contribution in [1.82, 2.24) is 9.80 Å². The van der Waals surface area contributed by atoms with Gasteiger partial charge in [0.2, 0.25) is 11.8 Å². The van der Waals surface area contributed by atoms with Crippen LogP contribution in [0.3, 0.4) is 0 Å². The molecule has 2 heterocycles. The number of para-hydroxylation sites is 1. The standard InChI is InChI=1S/C21H30N2O5/c1-26-13-8-18(24)23-12-10-21(15-23)9-5-11-22(20(21)25)14-16-6-4-7-17(27-2)19(16)28-3/h4,6-7H,5,8-15H2,1-3H3/t21-/m0/s1. The third-order valence-electron chi connectivity index (χ3n) is 5.90. The summed E-state index contributed by atoms with van der Waals surface area (Å²) in [7, 11) is 4.81. The molecule has 154 valence electrons. The molecule has 0 aromatic heterocycles. The molecule has 28 heavy (non-hydrogen) atoms. The van der Waals surface area contributed by atoms with E-state index < -0.39 is 5.41 Å². The zero-order chi connectivity index (χ0) is 20.1. The van der Waals surface area contributed by atoms with E-state index in [4.69, 9.17) is 14.2 Å². The van der Waals surface area contributed by atoms with Gasteiger partial charge in [-0.2, -0.15) is 0 Å². The van der Waals surface area contributed by atoms with Crippen molar-refractivity contribution in [2.75, 3.05) is 47.6 Å². The van der Waals surface area contributed by atoms with E-state index in [0.29, 0.717) is 44.2 Å². The lowest BCUT2D eigenvalue weighted by Gasteiger charge is -2.39. The molecule has 0 radical (unpaired) electrons. The van der Waals surface area contributed by atoms with Crippen LogP contribution in [0, 0.1) is 5.41 Å². The van der Waals surface area contributed by atoms with Crippen molar-refractivity contribution in [1.29, 1.82) is 0 Å². The Hall–Kier alpha value is -2.28. The Kier molecular flexibility index (Phi) is 6.44. The molecule has 0 bridgehead atoms. The first-order valence-electron chi connectivity index (χ1n) is 9.80. The van der Waals surface area contributed by atoms with Crippen molar-refractivity contribution in [3.05, 3.63) is 23.8 Å². The van der Waals surface area contributed by atoms with Crippen LogP contribution in [0.25, 0.3) is 0 Å². The molecule has 0 unspecified atom stereocenters. The Balaban J connectivity index is 1.73. The zero-order valence-corrected chi connectivity index (χ0v) is 17.0. The van der Waals surface area contributed by atoms with Gasteiger partial charge in [-0.25, -0.2) is 0 Å². The average Bonchev–Trinajstić information content (AvgIpc) is 3.14. The number of rotatable bonds is 7. The van der Waals surface area contributed by atoms with E-state index in [0.717, 1.165) is 31.4 Å². The van der Waals surface area contributed by atoms with Crippen molar-refractivity contribution in [3.8, 4) is 11.5 Å². The van der Waals surface area contributed by atoms with Crippen LogP contribution in [0.4, 0.5) is 0 Å². The molecule has 7 nitrogen and oxygen atoms in total. The highest BCUT2D eigenvalue weighted by Gasteiger charge is 2.49. The van der Waals surface area contributed by atoms with Gasteiger partial charge in [-0.1, -0.05) is 12.1 Å². The summed E-state index contributed by atoms with van der Waals surface area (Å²) in [5.41, 5.74) is 0.478. The van der Waals surface area contributed by atoms with Crippen molar-refractivity contribution >= 4 is 11.8 Å². The second kappa shape index (κ2) is 8.82.